The molecule has 0 N–H and O–H groups in total. The number of nitrogens with zero attached hydrogens (tertiary/aromatic N) is 2. The molecule has 108 valence electrons. The average Bonchev–Trinajstić information content (AvgIpc) is 2.77. The third-order valence-electron chi connectivity index (χ3n) is 3.15. The van der Waals surface area contributed by atoms with Crippen molar-refractivity contribution in [2.75, 3.05) is 5.88 Å². The second-order valence-electron chi connectivity index (χ2n) is 4.53. The normalized spacial score (nSPS) is 11.2. The third-order valence-corrected chi connectivity index (χ3v) is 4.68. The number of rotatable bonds is 3. The van der Waals surface area contributed by atoms with Gasteiger partial charge in [-0.1, -0.05) is 23.2 Å². The fourth-order valence-corrected chi connectivity index (χ4v) is 3.73. The van der Waals surface area contributed by atoms with Crippen LogP contribution in [0.3, 0.4) is 0 Å². The molecule has 3 rings (SSSR count). The molecule has 0 aliphatic carbocycles. The molecule has 3 aromatic rings. The number of aromatic nitrogens is 2. The first-order valence-electron chi connectivity index (χ1n) is 6.28. The predicted molar refractivity (Wildman–Crippen MR) is 98.2 cm³/mol. The largest absolute Gasteiger partial charge is 0.295 e. The predicted octanol–water partition coefficient (Wildman–Crippen LogP) is 5.72. The Morgan fingerprint density at radius 1 is 1.05 bits per heavy atom. The minimum absolute atomic E-state index is 0.515. The van der Waals surface area contributed by atoms with Crippen molar-refractivity contribution in [3.63, 3.8) is 0 Å². The maximum atomic E-state index is 6.14. The molecule has 0 atom stereocenters. The number of hydrogen-bond donors (Lipinski definition) is 0. The van der Waals surface area contributed by atoms with Crippen LogP contribution in [0.2, 0.25) is 10.0 Å². The minimum Gasteiger partial charge on any atom is -0.295 e. The molecule has 0 saturated carbocycles. The topological polar surface area (TPSA) is 17.8 Å². The second kappa shape index (κ2) is 6.32. The van der Waals surface area contributed by atoms with E-state index in [0.717, 1.165) is 26.1 Å². The van der Waals surface area contributed by atoms with Gasteiger partial charge in [-0.2, -0.15) is 0 Å². The molecule has 0 unspecified atom stereocenters. The smallest absolute Gasteiger partial charge is 0.115 e. The average molecular weight is 452 g/mol. The fourth-order valence-electron chi connectivity index (χ4n) is 2.28. The fraction of sp³-hybridized carbons (Fsp3) is 0.133. The lowest BCUT2D eigenvalue weighted by molar-refractivity contribution is 0.909. The summed E-state index contributed by atoms with van der Waals surface area (Å²) < 4.78 is 3.15. The Morgan fingerprint density at radius 3 is 2.48 bits per heavy atom. The van der Waals surface area contributed by atoms with E-state index in [1.165, 1.54) is 0 Å². The maximum absolute atomic E-state index is 6.14. The van der Waals surface area contributed by atoms with Gasteiger partial charge >= 0.3 is 0 Å². The lowest BCUT2D eigenvalue weighted by Crippen LogP contribution is -2.04. The van der Waals surface area contributed by atoms with Crippen LogP contribution in [0.4, 0.5) is 0 Å². The van der Waals surface area contributed by atoms with Crippen LogP contribution in [-0.2, 0) is 6.42 Å². The first-order chi connectivity index (χ1) is 10.1. The summed E-state index contributed by atoms with van der Waals surface area (Å²) in [7, 11) is 0. The van der Waals surface area contributed by atoms with Gasteiger partial charge in [0.2, 0.25) is 0 Å². The second-order valence-corrected chi connectivity index (χ2v) is 6.94. The molecule has 21 heavy (non-hydrogen) atoms. The van der Waals surface area contributed by atoms with E-state index in [9.17, 15) is 0 Å². The van der Waals surface area contributed by atoms with Crippen LogP contribution in [0.1, 0.15) is 5.82 Å². The van der Waals surface area contributed by atoms with E-state index in [-0.39, 0.29) is 0 Å². The molecule has 0 spiro atoms. The monoisotopic (exact) mass is 450 g/mol. The number of benzene rings is 2. The molecule has 6 heteroatoms. The highest BCUT2D eigenvalue weighted by Gasteiger charge is 2.14. The van der Waals surface area contributed by atoms with Gasteiger partial charge in [0.05, 0.1) is 16.7 Å². The van der Waals surface area contributed by atoms with Crippen LogP contribution < -0.4 is 0 Å². The van der Waals surface area contributed by atoms with E-state index in [1.807, 2.05) is 36.4 Å². The van der Waals surface area contributed by atoms with Gasteiger partial charge in [-0.25, -0.2) is 4.98 Å². The Hall–Kier alpha value is -0.490. The van der Waals surface area contributed by atoms with Crippen molar-refractivity contribution in [3.8, 4) is 5.69 Å². The van der Waals surface area contributed by atoms with E-state index in [1.54, 1.807) is 0 Å². The molecular weight excluding hydrogens is 441 g/mol. The number of imidazole rings is 1. The molecule has 2 nitrogen and oxygen atoms in total. The van der Waals surface area contributed by atoms with Gasteiger partial charge in [-0.05, 0) is 59.0 Å². The van der Waals surface area contributed by atoms with Crippen LogP contribution in [0, 0.1) is 3.57 Å². The van der Waals surface area contributed by atoms with Crippen molar-refractivity contribution < 1.29 is 0 Å². The van der Waals surface area contributed by atoms with Crippen molar-refractivity contribution in [2.24, 2.45) is 0 Å². The molecule has 1 heterocycles. The van der Waals surface area contributed by atoms with E-state index in [4.69, 9.17) is 34.8 Å². The van der Waals surface area contributed by atoms with Crippen molar-refractivity contribution in [2.45, 2.75) is 6.42 Å². The number of halogens is 4. The lowest BCUT2D eigenvalue weighted by Gasteiger charge is -2.11. The standard InChI is InChI=1S/C15H10Cl3IN2/c16-6-5-15-20-12-3-1-10(18)8-14(12)21(15)13-4-2-9(17)7-11(13)19/h1-4,7-8H,5-6H2. The lowest BCUT2D eigenvalue weighted by atomic mass is 10.2. The van der Waals surface area contributed by atoms with E-state index < -0.39 is 0 Å². The van der Waals surface area contributed by atoms with Crippen molar-refractivity contribution >= 4 is 68.4 Å². The highest BCUT2D eigenvalue weighted by atomic mass is 127. The first kappa shape index (κ1) is 15.4. The number of aryl methyl sites for hydroxylation is 1. The van der Waals surface area contributed by atoms with Crippen molar-refractivity contribution in [1.82, 2.24) is 9.55 Å². The van der Waals surface area contributed by atoms with Crippen LogP contribution in [-0.4, -0.2) is 15.4 Å². The molecule has 2 aromatic carbocycles. The summed E-state index contributed by atoms with van der Waals surface area (Å²) in [5.74, 6) is 1.43. The zero-order valence-corrected chi connectivity index (χ0v) is 15.2. The Kier molecular flexibility index (Phi) is 4.64. The zero-order valence-electron chi connectivity index (χ0n) is 10.8. The number of alkyl halides is 1. The summed E-state index contributed by atoms with van der Waals surface area (Å²) in [5, 5.41) is 1.40. The molecule has 0 aliphatic heterocycles. The minimum atomic E-state index is 0.515. The summed E-state index contributed by atoms with van der Waals surface area (Å²) in [6.07, 6.45) is 0.687. The maximum Gasteiger partial charge on any atom is 0.115 e. The van der Waals surface area contributed by atoms with E-state index in [2.05, 4.69) is 32.1 Å². The van der Waals surface area contributed by atoms with Gasteiger partial charge < -0.3 is 0 Å². The van der Waals surface area contributed by atoms with Gasteiger partial charge in [-0.15, -0.1) is 11.6 Å². The molecule has 0 radical (unpaired) electrons. The van der Waals surface area contributed by atoms with E-state index in [0.29, 0.717) is 22.3 Å². The summed E-state index contributed by atoms with van der Waals surface area (Å²) in [6, 6.07) is 11.5. The van der Waals surface area contributed by atoms with E-state index >= 15 is 0 Å². The van der Waals surface area contributed by atoms with Gasteiger partial charge in [0.25, 0.3) is 0 Å². The third kappa shape index (κ3) is 3.02. The molecule has 0 fully saturated rings. The molecule has 0 saturated heterocycles. The molecule has 0 amide bonds. The van der Waals surface area contributed by atoms with Crippen LogP contribution >= 0.6 is 57.4 Å². The van der Waals surface area contributed by atoms with Crippen molar-refractivity contribution in [1.29, 1.82) is 0 Å². The van der Waals surface area contributed by atoms with Crippen LogP contribution in [0.5, 0.6) is 0 Å². The number of hydrogen-bond acceptors (Lipinski definition) is 1. The summed E-state index contributed by atoms with van der Waals surface area (Å²) >= 11 is 20.4. The Balaban J connectivity index is 2.32. The SMILES string of the molecule is ClCCc1nc2ccc(Cl)cc2n1-c1ccc(Cl)cc1I. The summed E-state index contributed by atoms with van der Waals surface area (Å²) in [4.78, 5) is 4.67. The van der Waals surface area contributed by atoms with Gasteiger partial charge in [0, 0.05) is 25.9 Å². The molecule has 1 aromatic heterocycles. The quantitative estimate of drug-likeness (QED) is 0.368. The highest BCUT2D eigenvalue weighted by Crippen LogP contribution is 2.29. The highest BCUT2D eigenvalue weighted by molar-refractivity contribution is 14.1. The Labute approximate surface area is 151 Å². The molecular formula is C15H10Cl3IN2. The van der Waals surface area contributed by atoms with Gasteiger partial charge in [-0.3, -0.25) is 4.57 Å². The van der Waals surface area contributed by atoms with Crippen molar-refractivity contribution in [3.05, 3.63) is 55.8 Å². The van der Waals surface area contributed by atoms with Gasteiger partial charge in [0.1, 0.15) is 5.82 Å². The summed E-state index contributed by atoms with van der Waals surface area (Å²) in [6.45, 7) is 0. The Bertz CT molecular complexity index is 814. The van der Waals surface area contributed by atoms with Crippen LogP contribution in [0.15, 0.2) is 36.4 Å². The van der Waals surface area contributed by atoms with Gasteiger partial charge in [0.15, 0.2) is 0 Å². The summed E-state index contributed by atoms with van der Waals surface area (Å²) in [5.41, 5.74) is 2.91. The Morgan fingerprint density at radius 2 is 1.76 bits per heavy atom. The molecule has 0 bridgehead atoms. The molecule has 0 aliphatic rings. The number of fused-ring (bicyclic) bond motifs is 1. The zero-order chi connectivity index (χ0) is 15.0. The van der Waals surface area contributed by atoms with Crippen LogP contribution in [0.25, 0.3) is 16.7 Å². The first-order valence-corrected chi connectivity index (χ1v) is 8.65.